The molecule has 244 valence electrons. The Labute approximate surface area is 282 Å². The molecule has 47 heavy (non-hydrogen) atoms. The molecule has 3 fully saturated rings. The summed E-state index contributed by atoms with van der Waals surface area (Å²) in [5.74, 6) is 2.82. The van der Waals surface area contributed by atoms with Gasteiger partial charge in [0, 0.05) is 15.2 Å². The Balaban J connectivity index is 1.33. The molecule has 3 saturated carbocycles. The van der Waals surface area contributed by atoms with Crippen molar-refractivity contribution >= 4 is 16.3 Å². The highest BCUT2D eigenvalue weighted by molar-refractivity contribution is 8.30. The summed E-state index contributed by atoms with van der Waals surface area (Å²) in [4.78, 5) is 18.4. The van der Waals surface area contributed by atoms with Crippen LogP contribution in [0.3, 0.4) is 0 Å². The molecular weight excluding hydrogens is 597 g/mol. The molecule has 0 aromatic heterocycles. The molecule has 4 heteroatoms. The van der Waals surface area contributed by atoms with Crippen LogP contribution in [0.25, 0.3) is 0 Å². The molecule has 4 aromatic carbocycles. The van der Waals surface area contributed by atoms with Crippen LogP contribution in [0.2, 0.25) is 0 Å². The highest BCUT2D eigenvalue weighted by atomic mass is 32.3. The number of carbonyl (C=O) groups excluding carboxylic acids is 1. The molecule has 4 aliphatic rings. The van der Waals surface area contributed by atoms with Crippen molar-refractivity contribution in [1.29, 1.82) is 0 Å². The van der Waals surface area contributed by atoms with Crippen molar-refractivity contribution in [2.75, 3.05) is 0 Å². The molecule has 0 saturated heterocycles. The number of fused-ring (bicyclic) bond motifs is 2. The largest absolute Gasteiger partial charge is 0.455 e. The maximum absolute atomic E-state index is 15.5. The van der Waals surface area contributed by atoms with Gasteiger partial charge in [0.05, 0.1) is 15.4 Å². The van der Waals surface area contributed by atoms with Gasteiger partial charge in [-0.3, -0.25) is 0 Å². The topological polar surface area (TPSA) is 35.5 Å². The summed E-state index contributed by atoms with van der Waals surface area (Å²) in [7, 11) is -2.44. The Morgan fingerprint density at radius 1 is 0.553 bits per heavy atom. The first-order valence-corrected chi connectivity index (χ1v) is 19.9. The van der Waals surface area contributed by atoms with E-state index in [9.17, 15) is 0 Å². The van der Waals surface area contributed by atoms with Crippen LogP contribution in [0, 0.1) is 0 Å². The van der Waals surface area contributed by atoms with Crippen LogP contribution in [-0.4, -0.2) is 5.97 Å². The monoisotopic (exact) mass is 644 g/mol. The van der Waals surface area contributed by atoms with Crippen LogP contribution in [0.5, 0.6) is 11.5 Å². The summed E-state index contributed by atoms with van der Waals surface area (Å²) in [6.45, 7) is 0. The Kier molecular flexibility index (Phi) is 8.88. The quantitative estimate of drug-likeness (QED) is 0.209. The molecule has 0 bridgehead atoms. The minimum absolute atomic E-state index is 0.147. The Bertz CT molecular complexity index is 1630. The summed E-state index contributed by atoms with van der Waals surface area (Å²) in [6.07, 6.45) is 18.7. The van der Waals surface area contributed by atoms with Gasteiger partial charge in [-0.05, 0) is 109 Å². The van der Waals surface area contributed by atoms with Crippen molar-refractivity contribution in [2.45, 2.75) is 129 Å². The highest BCUT2D eigenvalue weighted by Gasteiger charge is 2.44. The third kappa shape index (κ3) is 5.81. The number of para-hydroxylation sites is 2. The number of carbonyl (C=O) groups is 1. The maximum atomic E-state index is 15.5. The van der Waals surface area contributed by atoms with Gasteiger partial charge in [0.15, 0.2) is 0 Å². The molecular formula is C43H48O3S. The van der Waals surface area contributed by atoms with Crippen molar-refractivity contribution in [2.24, 2.45) is 0 Å². The summed E-state index contributed by atoms with van der Waals surface area (Å²) in [6, 6.07) is 31.8. The van der Waals surface area contributed by atoms with E-state index in [2.05, 4.69) is 60.7 Å². The van der Waals surface area contributed by atoms with E-state index < -0.39 is 10.3 Å². The molecule has 0 atom stereocenters. The minimum Gasteiger partial charge on any atom is -0.455 e. The molecule has 1 aliphatic heterocycles. The van der Waals surface area contributed by atoms with E-state index in [-0.39, 0.29) is 5.97 Å². The molecule has 1 heterocycles. The van der Waals surface area contributed by atoms with Crippen LogP contribution in [0.15, 0.2) is 106 Å². The van der Waals surface area contributed by atoms with Crippen molar-refractivity contribution in [3.63, 3.8) is 0 Å². The first-order valence-electron chi connectivity index (χ1n) is 18.4. The van der Waals surface area contributed by atoms with Crippen LogP contribution in [0.1, 0.15) is 141 Å². The van der Waals surface area contributed by atoms with Crippen LogP contribution >= 0.6 is 10.3 Å². The number of rotatable bonds is 6. The number of hydrogen-bond donors (Lipinski definition) is 0. The molecule has 0 spiro atoms. The van der Waals surface area contributed by atoms with Crippen LogP contribution in [-0.2, 0) is 4.18 Å². The zero-order valence-electron chi connectivity index (χ0n) is 27.6. The molecule has 0 N–H and O–H groups in total. The number of benzene rings is 4. The summed E-state index contributed by atoms with van der Waals surface area (Å²) >= 11 is 0. The van der Waals surface area contributed by atoms with Gasteiger partial charge in [-0.2, -0.15) is 0 Å². The highest BCUT2D eigenvalue weighted by Crippen LogP contribution is 2.75. The van der Waals surface area contributed by atoms with Gasteiger partial charge in [0.25, 0.3) is 0 Å². The third-order valence-electron chi connectivity index (χ3n) is 11.4. The van der Waals surface area contributed by atoms with Gasteiger partial charge in [-0.1, -0.05) is 112 Å². The lowest BCUT2D eigenvalue weighted by Crippen LogP contribution is -2.22. The molecule has 4 aromatic rings. The van der Waals surface area contributed by atoms with E-state index in [1.165, 1.54) is 87.3 Å². The maximum Gasteiger partial charge on any atom is 0.350 e. The second kappa shape index (κ2) is 13.5. The predicted octanol–water partition coefficient (Wildman–Crippen LogP) is 13.0. The normalized spacial score (nSPS) is 20.8. The van der Waals surface area contributed by atoms with E-state index in [1.807, 2.05) is 30.3 Å². The average Bonchev–Trinajstić information content (AvgIpc) is 3.15. The lowest BCUT2D eigenvalue weighted by Gasteiger charge is -2.44. The molecule has 3 aliphatic carbocycles. The second-order valence-corrected chi connectivity index (χ2v) is 16.9. The molecule has 0 radical (unpaired) electrons. The smallest absolute Gasteiger partial charge is 0.350 e. The fraction of sp³-hybridized carbons (Fsp3) is 0.419. The Morgan fingerprint density at radius 3 is 1.51 bits per heavy atom. The zero-order chi connectivity index (χ0) is 31.6. The van der Waals surface area contributed by atoms with Crippen molar-refractivity contribution < 1.29 is 13.7 Å². The van der Waals surface area contributed by atoms with E-state index in [4.69, 9.17) is 8.92 Å². The Morgan fingerprint density at radius 2 is 1.00 bits per heavy atom. The van der Waals surface area contributed by atoms with Gasteiger partial charge < -0.3 is 8.92 Å². The number of hydrogen-bond acceptors (Lipinski definition) is 3. The fourth-order valence-electron chi connectivity index (χ4n) is 9.03. The third-order valence-corrected chi connectivity index (χ3v) is 14.7. The fourth-order valence-corrected chi connectivity index (χ4v) is 12.2. The first-order chi connectivity index (χ1) is 23.2. The average molecular weight is 645 g/mol. The SMILES string of the molecule is O=C(OS1(c2ccccc2)c2ccccc2Oc2ccccc21)c1c(C2CCCCC2)cc(C2CCCCC2)cc1C1CCCCC1. The van der Waals surface area contributed by atoms with Gasteiger partial charge in [-0.25, -0.2) is 4.79 Å². The van der Waals surface area contributed by atoms with Crippen molar-refractivity contribution in [1.82, 2.24) is 0 Å². The summed E-state index contributed by atoms with van der Waals surface area (Å²) < 4.78 is 13.8. The zero-order valence-corrected chi connectivity index (χ0v) is 28.4. The predicted molar refractivity (Wildman–Crippen MR) is 191 cm³/mol. The van der Waals surface area contributed by atoms with Crippen LogP contribution in [0.4, 0.5) is 0 Å². The minimum atomic E-state index is -2.44. The van der Waals surface area contributed by atoms with E-state index in [0.29, 0.717) is 17.8 Å². The molecule has 8 rings (SSSR count). The van der Waals surface area contributed by atoms with Crippen molar-refractivity contribution in [3.05, 3.63) is 113 Å². The first kappa shape index (κ1) is 30.8. The van der Waals surface area contributed by atoms with Gasteiger partial charge in [0.1, 0.15) is 11.5 Å². The second-order valence-electron chi connectivity index (χ2n) is 14.3. The molecule has 3 nitrogen and oxygen atoms in total. The number of ether oxygens (including phenoxy) is 1. The van der Waals surface area contributed by atoms with E-state index >= 15 is 4.79 Å². The van der Waals surface area contributed by atoms with E-state index in [0.717, 1.165) is 57.4 Å². The summed E-state index contributed by atoms with van der Waals surface area (Å²) in [5.41, 5.74) is 4.96. The lowest BCUT2D eigenvalue weighted by molar-refractivity contribution is 0.0752. The van der Waals surface area contributed by atoms with Gasteiger partial charge in [-0.15, -0.1) is 0 Å². The molecule has 0 unspecified atom stereocenters. The Hall–Kier alpha value is -3.50. The van der Waals surface area contributed by atoms with Gasteiger partial charge >= 0.3 is 5.97 Å². The van der Waals surface area contributed by atoms with Crippen molar-refractivity contribution in [3.8, 4) is 11.5 Å². The lowest BCUT2D eigenvalue weighted by atomic mass is 9.73. The van der Waals surface area contributed by atoms with Gasteiger partial charge in [0.2, 0.25) is 0 Å². The molecule has 0 amide bonds. The summed E-state index contributed by atoms with van der Waals surface area (Å²) in [5, 5.41) is 0. The van der Waals surface area contributed by atoms with Crippen LogP contribution < -0.4 is 4.74 Å². The van der Waals surface area contributed by atoms with E-state index in [1.54, 1.807) is 0 Å². The standard InChI is InChI=1S/C43H48O3S/c44-43(46-47(35-23-11-4-12-24-35)40-27-15-13-25-38(40)45-39-26-14-16-28-41(39)47)42-36(32-19-7-2-8-20-32)29-34(31-17-5-1-6-18-31)30-37(42)33-21-9-3-10-22-33/h4,11-16,23-33H,1-3,5-10,17-22H2.